The van der Waals surface area contributed by atoms with Gasteiger partial charge in [0.2, 0.25) is 0 Å². The Hall–Kier alpha value is -3.11. The van der Waals surface area contributed by atoms with Gasteiger partial charge in [-0.15, -0.1) is 0 Å². The number of nitrogens with one attached hydrogen (secondary N) is 1. The summed E-state index contributed by atoms with van der Waals surface area (Å²) in [6.45, 7) is 2.01. The molecule has 2 aromatic heterocycles. The third-order valence-corrected chi connectivity index (χ3v) is 4.81. The van der Waals surface area contributed by atoms with Crippen LogP contribution < -0.4 is 5.32 Å². The monoisotopic (exact) mass is 375 g/mol. The second-order valence-electron chi connectivity index (χ2n) is 6.40. The Morgan fingerprint density at radius 1 is 0.963 bits per heavy atom. The van der Waals surface area contributed by atoms with Crippen LogP contribution in [-0.2, 0) is 0 Å². The fourth-order valence-electron chi connectivity index (χ4n) is 3.18. The summed E-state index contributed by atoms with van der Waals surface area (Å²) < 4.78 is 0. The molecule has 0 aliphatic heterocycles. The molecule has 0 aliphatic carbocycles. The van der Waals surface area contributed by atoms with Crippen molar-refractivity contribution in [3.63, 3.8) is 0 Å². The van der Waals surface area contributed by atoms with Crippen LogP contribution in [0.4, 0.5) is 5.82 Å². The van der Waals surface area contributed by atoms with Crippen molar-refractivity contribution in [2.24, 2.45) is 0 Å². The number of aromatic nitrogens is 2. The molecule has 0 amide bonds. The highest BCUT2D eigenvalue weighted by Crippen LogP contribution is 2.39. The Bertz CT molecular complexity index is 1100. The molecular weight excluding hydrogens is 358 g/mol. The molecule has 0 saturated carbocycles. The van der Waals surface area contributed by atoms with E-state index < -0.39 is 0 Å². The van der Waals surface area contributed by atoms with Crippen molar-refractivity contribution in [1.82, 2.24) is 9.97 Å². The molecule has 5 heteroatoms. The number of nitrogens with zero attached hydrogens (tertiary/aromatic N) is 2. The number of anilines is 1. The standard InChI is InChI=1S/C22H18ClN3O/c1-14-9-11-24-19(12-14)26-20(15-6-3-2-4-7-15)17-13-18(23)16-8-5-10-25-21(16)22(17)27/h2-13,20,27H,1H3,(H,24,26). The first-order valence-corrected chi connectivity index (χ1v) is 9.01. The van der Waals surface area contributed by atoms with Crippen LogP contribution in [0.25, 0.3) is 10.9 Å². The second kappa shape index (κ2) is 7.25. The van der Waals surface area contributed by atoms with Crippen molar-refractivity contribution in [1.29, 1.82) is 0 Å². The first kappa shape index (κ1) is 17.3. The summed E-state index contributed by atoms with van der Waals surface area (Å²) >= 11 is 6.50. The maximum atomic E-state index is 11.0. The van der Waals surface area contributed by atoms with E-state index in [1.807, 2.05) is 55.5 Å². The lowest BCUT2D eigenvalue weighted by molar-refractivity contribution is 0.471. The number of aryl methyl sites for hydroxylation is 1. The van der Waals surface area contributed by atoms with Gasteiger partial charge in [0.05, 0.1) is 11.1 Å². The number of phenols is 1. The fraction of sp³-hybridized carbons (Fsp3) is 0.0909. The molecule has 0 radical (unpaired) electrons. The van der Waals surface area contributed by atoms with Crippen LogP contribution in [0.2, 0.25) is 5.02 Å². The van der Waals surface area contributed by atoms with Gasteiger partial charge in [-0.05, 0) is 48.4 Å². The van der Waals surface area contributed by atoms with Crippen LogP contribution in [0.3, 0.4) is 0 Å². The largest absolute Gasteiger partial charge is 0.505 e. The first-order chi connectivity index (χ1) is 13.1. The van der Waals surface area contributed by atoms with Gasteiger partial charge < -0.3 is 10.4 Å². The van der Waals surface area contributed by atoms with Gasteiger partial charge in [0.1, 0.15) is 17.1 Å². The number of benzene rings is 2. The number of aromatic hydroxyl groups is 1. The molecule has 0 bridgehead atoms. The van der Waals surface area contributed by atoms with Crippen LogP contribution in [0.15, 0.2) is 73.1 Å². The lowest BCUT2D eigenvalue weighted by Crippen LogP contribution is -2.14. The van der Waals surface area contributed by atoms with E-state index >= 15 is 0 Å². The molecule has 27 heavy (non-hydrogen) atoms. The van der Waals surface area contributed by atoms with Crippen LogP contribution in [0.5, 0.6) is 5.75 Å². The number of hydrogen-bond acceptors (Lipinski definition) is 4. The van der Waals surface area contributed by atoms with Crippen LogP contribution in [0, 0.1) is 6.92 Å². The third kappa shape index (κ3) is 3.44. The van der Waals surface area contributed by atoms with E-state index in [1.54, 1.807) is 24.5 Å². The average molecular weight is 376 g/mol. The van der Waals surface area contributed by atoms with Gasteiger partial charge in [-0.3, -0.25) is 4.98 Å². The van der Waals surface area contributed by atoms with E-state index in [0.717, 1.165) is 22.3 Å². The molecule has 2 N–H and O–H groups in total. The molecule has 2 heterocycles. The number of fused-ring (bicyclic) bond motifs is 1. The average Bonchev–Trinajstić information content (AvgIpc) is 2.70. The molecule has 2 aromatic carbocycles. The minimum absolute atomic E-state index is 0.115. The highest BCUT2D eigenvalue weighted by molar-refractivity contribution is 6.35. The first-order valence-electron chi connectivity index (χ1n) is 8.63. The second-order valence-corrected chi connectivity index (χ2v) is 6.81. The van der Waals surface area contributed by atoms with E-state index in [2.05, 4.69) is 15.3 Å². The fourth-order valence-corrected chi connectivity index (χ4v) is 3.45. The molecule has 4 nitrogen and oxygen atoms in total. The van der Waals surface area contributed by atoms with Crippen molar-refractivity contribution in [3.8, 4) is 5.75 Å². The number of halogens is 1. The van der Waals surface area contributed by atoms with E-state index in [1.165, 1.54) is 0 Å². The van der Waals surface area contributed by atoms with Gasteiger partial charge in [-0.25, -0.2) is 4.98 Å². The minimum Gasteiger partial charge on any atom is -0.505 e. The van der Waals surface area contributed by atoms with E-state index in [-0.39, 0.29) is 11.8 Å². The smallest absolute Gasteiger partial charge is 0.147 e. The molecule has 0 fully saturated rings. The van der Waals surface area contributed by atoms with Gasteiger partial charge in [0.25, 0.3) is 0 Å². The normalized spacial score (nSPS) is 12.1. The van der Waals surface area contributed by atoms with Crippen LogP contribution in [-0.4, -0.2) is 15.1 Å². The Morgan fingerprint density at radius 2 is 1.78 bits per heavy atom. The highest BCUT2D eigenvalue weighted by atomic mass is 35.5. The minimum atomic E-state index is -0.329. The number of rotatable bonds is 4. The SMILES string of the molecule is Cc1ccnc(NC(c2ccccc2)c2cc(Cl)c3cccnc3c2O)c1. The summed E-state index contributed by atoms with van der Waals surface area (Å²) in [7, 11) is 0. The Morgan fingerprint density at radius 3 is 2.56 bits per heavy atom. The van der Waals surface area contributed by atoms with Crippen molar-refractivity contribution >= 4 is 28.3 Å². The maximum Gasteiger partial charge on any atom is 0.147 e. The summed E-state index contributed by atoms with van der Waals surface area (Å²) in [5.74, 6) is 0.837. The van der Waals surface area contributed by atoms with Crippen LogP contribution in [0.1, 0.15) is 22.7 Å². The molecule has 4 aromatic rings. The molecular formula is C22H18ClN3O. The predicted octanol–water partition coefficient (Wildman–Crippen LogP) is 5.50. The number of pyridine rings is 2. The van der Waals surface area contributed by atoms with Crippen molar-refractivity contribution in [3.05, 3.63) is 94.8 Å². The van der Waals surface area contributed by atoms with E-state index in [9.17, 15) is 5.11 Å². The van der Waals surface area contributed by atoms with Crippen molar-refractivity contribution < 1.29 is 5.11 Å². The van der Waals surface area contributed by atoms with E-state index in [0.29, 0.717) is 16.1 Å². The van der Waals surface area contributed by atoms with Gasteiger partial charge >= 0.3 is 0 Å². The summed E-state index contributed by atoms with van der Waals surface area (Å²) in [6, 6.07) is 18.9. The number of phenolic OH excluding ortho intramolecular Hbond substituents is 1. The zero-order chi connectivity index (χ0) is 18.8. The molecule has 1 unspecified atom stereocenters. The van der Waals surface area contributed by atoms with Gasteiger partial charge in [-0.2, -0.15) is 0 Å². The Balaban J connectivity index is 1.89. The molecule has 4 rings (SSSR count). The zero-order valence-corrected chi connectivity index (χ0v) is 15.5. The summed E-state index contributed by atoms with van der Waals surface area (Å²) in [6.07, 6.45) is 3.41. The zero-order valence-electron chi connectivity index (χ0n) is 14.7. The summed E-state index contributed by atoms with van der Waals surface area (Å²) in [5.41, 5.74) is 3.23. The highest BCUT2D eigenvalue weighted by Gasteiger charge is 2.22. The quantitative estimate of drug-likeness (QED) is 0.494. The molecule has 0 saturated heterocycles. The molecule has 134 valence electrons. The van der Waals surface area contributed by atoms with Crippen LogP contribution >= 0.6 is 11.6 Å². The molecule has 0 spiro atoms. The number of hydrogen-bond donors (Lipinski definition) is 2. The topological polar surface area (TPSA) is 58.0 Å². The van der Waals surface area contributed by atoms with Crippen molar-refractivity contribution in [2.75, 3.05) is 5.32 Å². The van der Waals surface area contributed by atoms with Crippen molar-refractivity contribution in [2.45, 2.75) is 13.0 Å². The Kier molecular flexibility index (Phi) is 4.65. The molecule has 1 atom stereocenters. The third-order valence-electron chi connectivity index (χ3n) is 4.50. The van der Waals surface area contributed by atoms with Gasteiger partial charge in [0, 0.05) is 23.3 Å². The van der Waals surface area contributed by atoms with Gasteiger partial charge in [0.15, 0.2) is 0 Å². The van der Waals surface area contributed by atoms with E-state index in [4.69, 9.17) is 11.6 Å². The summed E-state index contributed by atoms with van der Waals surface area (Å²) in [5, 5.41) is 15.7. The Labute approximate surface area is 162 Å². The predicted molar refractivity (Wildman–Crippen MR) is 109 cm³/mol. The molecule has 0 aliphatic rings. The maximum absolute atomic E-state index is 11.0. The lowest BCUT2D eigenvalue weighted by atomic mass is 9.96. The lowest BCUT2D eigenvalue weighted by Gasteiger charge is -2.22. The summed E-state index contributed by atoms with van der Waals surface area (Å²) in [4.78, 5) is 8.73. The van der Waals surface area contributed by atoms with Gasteiger partial charge in [-0.1, -0.05) is 41.9 Å².